The molecule has 3 fully saturated rings. The van der Waals surface area contributed by atoms with Crippen LogP contribution in [-0.2, 0) is 19.1 Å². The molecule has 9 heteroatoms. The molecule has 1 aromatic rings. The molecule has 1 aliphatic carbocycles. The second-order valence-electron chi connectivity index (χ2n) is 7.85. The Morgan fingerprint density at radius 1 is 1.03 bits per heavy atom. The molecule has 156 valence electrons. The van der Waals surface area contributed by atoms with Gasteiger partial charge in [-0.1, -0.05) is 12.8 Å². The van der Waals surface area contributed by atoms with E-state index in [1.165, 1.54) is 12.1 Å². The number of benzene rings is 1. The van der Waals surface area contributed by atoms with Crippen molar-refractivity contribution in [2.45, 2.75) is 43.4 Å². The molecule has 2 N–H and O–H groups in total. The lowest BCUT2D eigenvalue weighted by molar-refractivity contribution is -0.142. The van der Waals surface area contributed by atoms with Crippen molar-refractivity contribution in [2.75, 3.05) is 31.1 Å². The Balaban J connectivity index is 1.38. The lowest BCUT2D eigenvalue weighted by Gasteiger charge is -2.40. The van der Waals surface area contributed by atoms with Gasteiger partial charge in [-0.3, -0.25) is 9.59 Å². The summed E-state index contributed by atoms with van der Waals surface area (Å²) in [5, 5.41) is 11.8. The van der Waals surface area contributed by atoms with Gasteiger partial charge in [0.15, 0.2) is 12.2 Å². The summed E-state index contributed by atoms with van der Waals surface area (Å²) in [5.41, 5.74) is -0.0718. The third-order valence-electron chi connectivity index (χ3n) is 5.98. The van der Waals surface area contributed by atoms with Gasteiger partial charge < -0.3 is 25.0 Å². The highest BCUT2D eigenvalue weighted by Gasteiger charge is 2.54. The van der Waals surface area contributed by atoms with Gasteiger partial charge in [-0.15, -0.1) is 0 Å². The Morgan fingerprint density at radius 3 is 2.21 bits per heavy atom. The van der Waals surface area contributed by atoms with Gasteiger partial charge >= 0.3 is 5.97 Å². The number of amides is 2. The molecule has 3 aliphatic rings. The number of nitrogens with one attached hydrogen (secondary N) is 1. The number of ether oxygens (including phenoxy) is 1. The molecule has 2 amide bonds. The average molecular weight is 405 g/mol. The second-order valence-corrected chi connectivity index (χ2v) is 7.85. The molecule has 8 nitrogen and oxygen atoms in total. The van der Waals surface area contributed by atoms with Gasteiger partial charge in [0.1, 0.15) is 11.4 Å². The van der Waals surface area contributed by atoms with Crippen LogP contribution in [0.1, 0.15) is 25.7 Å². The van der Waals surface area contributed by atoms with Gasteiger partial charge in [0, 0.05) is 31.9 Å². The predicted molar refractivity (Wildman–Crippen MR) is 101 cm³/mol. The minimum Gasteiger partial charge on any atom is -0.479 e. The van der Waals surface area contributed by atoms with Gasteiger partial charge in [-0.25, -0.2) is 9.18 Å². The molecule has 29 heavy (non-hydrogen) atoms. The number of carbonyl (C=O) groups is 3. The Bertz CT molecular complexity index is 801. The SMILES string of the molecule is O=C(O)C1OC1C(=O)NC1(C(=O)N2CCN(c3ccc(F)cc3)CC2)CCCC1. The average Bonchev–Trinajstić information content (AvgIpc) is 3.41. The maximum atomic E-state index is 13.3. The van der Waals surface area contributed by atoms with Crippen molar-refractivity contribution in [3.8, 4) is 0 Å². The Labute approximate surface area is 167 Å². The number of piperazine rings is 1. The monoisotopic (exact) mass is 405 g/mol. The summed E-state index contributed by atoms with van der Waals surface area (Å²) in [4.78, 5) is 40.5. The van der Waals surface area contributed by atoms with E-state index in [1.54, 1.807) is 17.0 Å². The molecular formula is C20H24FN3O5. The van der Waals surface area contributed by atoms with Crippen molar-refractivity contribution in [1.29, 1.82) is 0 Å². The van der Waals surface area contributed by atoms with E-state index in [1.807, 2.05) is 0 Å². The fourth-order valence-corrected chi connectivity index (χ4v) is 4.30. The van der Waals surface area contributed by atoms with Crippen molar-refractivity contribution < 1.29 is 28.6 Å². The minimum atomic E-state index is -1.17. The molecule has 0 spiro atoms. The van der Waals surface area contributed by atoms with E-state index in [9.17, 15) is 18.8 Å². The Kier molecular flexibility index (Phi) is 5.16. The van der Waals surface area contributed by atoms with Crippen molar-refractivity contribution in [1.82, 2.24) is 10.2 Å². The van der Waals surface area contributed by atoms with E-state index in [-0.39, 0.29) is 11.7 Å². The molecule has 2 atom stereocenters. The molecule has 1 saturated carbocycles. The number of hydrogen-bond acceptors (Lipinski definition) is 5. The van der Waals surface area contributed by atoms with Crippen LogP contribution in [0.4, 0.5) is 10.1 Å². The lowest BCUT2D eigenvalue weighted by Crippen LogP contribution is -2.62. The zero-order chi connectivity index (χ0) is 20.6. The fourth-order valence-electron chi connectivity index (χ4n) is 4.30. The minimum absolute atomic E-state index is 0.116. The molecule has 0 aromatic heterocycles. The highest BCUT2D eigenvalue weighted by atomic mass is 19.1. The lowest BCUT2D eigenvalue weighted by atomic mass is 9.94. The van der Waals surface area contributed by atoms with E-state index in [4.69, 9.17) is 9.84 Å². The molecule has 2 unspecified atom stereocenters. The van der Waals surface area contributed by atoms with Crippen LogP contribution in [0.5, 0.6) is 0 Å². The summed E-state index contributed by atoms with van der Waals surface area (Å²) in [5.74, 6) is -2.10. The van der Waals surface area contributed by atoms with Crippen molar-refractivity contribution >= 4 is 23.5 Å². The zero-order valence-electron chi connectivity index (χ0n) is 16.0. The smallest absolute Gasteiger partial charge is 0.336 e. The van der Waals surface area contributed by atoms with Gasteiger partial charge in [0.05, 0.1) is 0 Å². The summed E-state index contributed by atoms with van der Waals surface area (Å²) in [6.45, 7) is 2.25. The number of halogens is 1. The van der Waals surface area contributed by atoms with Crippen LogP contribution in [-0.4, -0.2) is 71.7 Å². The van der Waals surface area contributed by atoms with Gasteiger partial charge in [-0.05, 0) is 37.1 Å². The zero-order valence-corrected chi connectivity index (χ0v) is 16.0. The number of carbonyl (C=O) groups excluding carboxylic acids is 2. The summed E-state index contributed by atoms with van der Waals surface area (Å²) >= 11 is 0. The molecule has 1 aromatic carbocycles. The molecule has 0 radical (unpaired) electrons. The normalized spacial score (nSPS) is 25.6. The predicted octanol–water partition coefficient (Wildman–Crippen LogP) is 0.755. The number of carboxylic acid groups (broad SMARTS) is 1. The van der Waals surface area contributed by atoms with E-state index >= 15 is 0 Å². The van der Waals surface area contributed by atoms with E-state index in [0.717, 1.165) is 18.5 Å². The molecular weight excluding hydrogens is 381 g/mol. The molecule has 0 bridgehead atoms. The number of anilines is 1. The number of epoxide rings is 1. The van der Waals surface area contributed by atoms with Crippen LogP contribution in [0.3, 0.4) is 0 Å². The van der Waals surface area contributed by atoms with Gasteiger partial charge in [-0.2, -0.15) is 0 Å². The first kappa shape index (κ1) is 19.6. The number of nitrogens with zero attached hydrogens (tertiary/aromatic N) is 2. The van der Waals surface area contributed by atoms with Crippen molar-refractivity contribution in [2.24, 2.45) is 0 Å². The third kappa shape index (κ3) is 3.91. The quantitative estimate of drug-likeness (QED) is 0.701. The van der Waals surface area contributed by atoms with Crippen LogP contribution in [0.2, 0.25) is 0 Å². The van der Waals surface area contributed by atoms with Crippen LogP contribution < -0.4 is 10.2 Å². The van der Waals surface area contributed by atoms with Crippen molar-refractivity contribution in [3.05, 3.63) is 30.1 Å². The molecule has 2 aliphatic heterocycles. The van der Waals surface area contributed by atoms with Gasteiger partial charge in [0.25, 0.3) is 5.91 Å². The third-order valence-corrected chi connectivity index (χ3v) is 5.98. The maximum absolute atomic E-state index is 13.3. The summed E-state index contributed by atoms with van der Waals surface area (Å²) in [6.07, 6.45) is 0.599. The first-order valence-electron chi connectivity index (χ1n) is 9.90. The van der Waals surface area contributed by atoms with E-state index in [0.29, 0.717) is 39.0 Å². The van der Waals surface area contributed by atoms with Crippen molar-refractivity contribution in [3.63, 3.8) is 0 Å². The summed E-state index contributed by atoms with van der Waals surface area (Å²) < 4.78 is 18.0. The first-order chi connectivity index (χ1) is 13.9. The first-order valence-corrected chi connectivity index (χ1v) is 9.90. The number of rotatable bonds is 5. The van der Waals surface area contributed by atoms with E-state index < -0.39 is 29.6 Å². The Hall–Kier alpha value is -2.68. The largest absolute Gasteiger partial charge is 0.479 e. The van der Waals surface area contributed by atoms with Gasteiger partial charge in [0.2, 0.25) is 5.91 Å². The number of hydrogen-bond donors (Lipinski definition) is 2. The van der Waals surface area contributed by atoms with Crippen LogP contribution in [0, 0.1) is 5.82 Å². The molecule has 4 rings (SSSR count). The number of aliphatic carboxylic acids is 1. The van der Waals surface area contributed by atoms with Crippen LogP contribution in [0.25, 0.3) is 0 Å². The number of carboxylic acids is 1. The standard InChI is InChI=1S/C20H24FN3O5/c21-13-3-5-14(6-4-13)23-9-11-24(12-10-23)19(28)20(7-1-2-8-20)22-17(25)15-16(29-15)18(26)27/h3-6,15-16H,1-2,7-12H2,(H,22,25)(H,26,27). The maximum Gasteiger partial charge on any atom is 0.336 e. The molecule has 2 heterocycles. The summed E-state index contributed by atoms with van der Waals surface area (Å²) in [6, 6.07) is 6.28. The molecule has 2 saturated heterocycles. The van der Waals surface area contributed by atoms with Crippen LogP contribution >= 0.6 is 0 Å². The van der Waals surface area contributed by atoms with E-state index in [2.05, 4.69) is 10.2 Å². The fraction of sp³-hybridized carbons (Fsp3) is 0.550. The summed E-state index contributed by atoms with van der Waals surface area (Å²) in [7, 11) is 0. The highest BCUT2D eigenvalue weighted by Crippen LogP contribution is 2.34. The van der Waals surface area contributed by atoms with Crippen LogP contribution in [0.15, 0.2) is 24.3 Å². The highest BCUT2D eigenvalue weighted by molar-refractivity contribution is 5.97. The topological polar surface area (TPSA) is 102 Å². The second kappa shape index (κ2) is 7.62. The Morgan fingerprint density at radius 2 is 1.66 bits per heavy atom.